The molecule has 0 unspecified atom stereocenters. The van der Waals surface area contributed by atoms with Gasteiger partial charge in [-0.1, -0.05) is 24.3 Å². The molecule has 2 aromatic carbocycles. The highest BCUT2D eigenvalue weighted by molar-refractivity contribution is 14.1. The minimum Gasteiger partial charge on any atom is -0.462 e. The van der Waals surface area contributed by atoms with Gasteiger partial charge in [0.1, 0.15) is 0 Å². The van der Waals surface area contributed by atoms with E-state index >= 15 is 0 Å². The van der Waals surface area contributed by atoms with Crippen molar-refractivity contribution in [3.8, 4) is 0 Å². The van der Waals surface area contributed by atoms with E-state index in [2.05, 4.69) is 28.7 Å². The molecule has 2 aromatic rings. The largest absolute Gasteiger partial charge is 0.462 e. The van der Waals surface area contributed by atoms with Crippen LogP contribution < -0.4 is 0 Å². The first-order chi connectivity index (χ1) is 7.72. The number of benzene rings is 2. The SMILES string of the molecule is CCOC(=O)c1cc(I)cc2ccccc12. The predicted octanol–water partition coefficient (Wildman–Crippen LogP) is 3.62. The van der Waals surface area contributed by atoms with E-state index in [4.69, 9.17) is 4.74 Å². The molecular weight excluding hydrogens is 315 g/mol. The number of hydrogen-bond acceptors (Lipinski definition) is 2. The number of ether oxygens (including phenoxy) is 1. The van der Waals surface area contributed by atoms with Crippen molar-refractivity contribution in [2.45, 2.75) is 6.92 Å². The average molecular weight is 326 g/mol. The lowest BCUT2D eigenvalue weighted by Gasteiger charge is -2.06. The Balaban J connectivity index is 2.63. The topological polar surface area (TPSA) is 26.3 Å². The average Bonchev–Trinajstić information content (AvgIpc) is 2.28. The fraction of sp³-hybridized carbons (Fsp3) is 0.154. The van der Waals surface area contributed by atoms with Crippen LogP contribution >= 0.6 is 22.6 Å². The number of rotatable bonds is 2. The molecule has 0 atom stereocenters. The van der Waals surface area contributed by atoms with Gasteiger partial charge in [0.25, 0.3) is 0 Å². The summed E-state index contributed by atoms with van der Waals surface area (Å²) in [5, 5.41) is 2.01. The minimum atomic E-state index is -0.253. The summed E-state index contributed by atoms with van der Waals surface area (Å²) in [5.74, 6) is -0.253. The molecule has 2 nitrogen and oxygen atoms in total. The summed E-state index contributed by atoms with van der Waals surface area (Å²) in [5.41, 5.74) is 0.643. The highest BCUT2D eigenvalue weighted by atomic mass is 127. The van der Waals surface area contributed by atoms with Gasteiger partial charge in [0, 0.05) is 3.57 Å². The summed E-state index contributed by atoms with van der Waals surface area (Å²) in [7, 11) is 0. The zero-order chi connectivity index (χ0) is 11.5. The van der Waals surface area contributed by atoms with Gasteiger partial charge in [-0.25, -0.2) is 4.79 Å². The molecule has 0 spiro atoms. The summed E-state index contributed by atoms with van der Waals surface area (Å²) in [6.07, 6.45) is 0. The highest BCUT2D eigenvalue weighted by Crippen LogP contribution is 2.22. The van der Waals surface area contributed by atoms with Gasteiger partial charge in [-0.3, -0.25) is 0 Å². The van der Waals surface area contributed by atoms with Crippen LogP contribution in [0.1, 0.15) is 17.3 Å². The smallest absolute Gasteiger partial charge is 0.338 e. The third-order valence-corrected chi connectivity index (χ3v) is 2.94. The molecule has 82 valence electrons. The second kappa shape index (κ2) is 4.82. The van der Waals surface area contributed by atoms with Gasteiger partial charge in [0.15, 0.2) is 0 Å². The van der Waals surface area contributed by atoms with Crippen LogP contribution in [0.15, 0.2) is 36.4 Å². The molecule has 0 aromatic heterocycles. The van der Waals surface area contributed by atoms with Gasteiger partial charge < -0.3 is 4.74 Å². The summed E-state index contributed by atoms with van der Waals surface area (Å²) in [4.78, 5) is 11.8. The normalized spacial score (nSPS) is 10.4. The van der Waals surface area contributed by atoms with E-state index in [1.807, 2.05) is 37.3 Å². The lowest BCUT2D eigenvalue weighted by molar-refractivity contribution is 0.0528. The zero-order valence-corrected chi connectivity index (χ0v) is 11.0. The van der Waals surface area contributed by atoms with Crippen LogP contribution in [0.2, 0.25) is 0 Å². The minimum absolute atomic E-state index is 0.253. The number of halogens is 1. The van der Waals surface area contributed by atoms with Crippen molar-refractivity contribution in [1.29, 1.82) is 0 Å². The van der Waals surface area contributed by atoms with Crippen LogP contribution in [0.4, 0.5) is 0 Å². The van der Waals surface area contributed by atoms with Gasteiger partial charge in [-0.15, -0.1) is 0 Å². The van der Waals surface area contributed by atoms with Crippen molar-refractivity contribution >= 4 is 39.3 Å². The first-order valence-electron chi connectivity index (χ1n) is 5.08. The van der Waals surface area contributed by atoms with Gasteiger partial charge in [0.2, 0.25) is 0 Å². The third kappa shape index (κ3) is 2.19. The summed E-state index contributed by atoms with van der Waals surface area (Å²) in [6.45, 7) is 2.21. The summed E-state index contributed by atoms with van der Waals surface area (Å²) < 4.78 is 6.09. The van der Waals surface area contributed by atoms with E-state index in [-0.39, 0.29) is 5.97 Å². The number of esters is 1. The lowest BCUT2D eigenvalue weighted by atomic mass is 10.1. The van der Waals surface area contributed by atoms with Crippen molar-refractivity contribution in [1.82, 2.24) is 0 Å². The van der Waals surface area contributed by atoms with Crippen molar-refractivity contribution in [2.24, 2.45) is 0 Å². The highest BCUT2D eigenvalue weighted by Gasteiger charge is 2.11. The first-order valence-corrected chi connectivity index (χ1v) is 6.15. The van der Waals surface area contributed by atoms with Crippen LogP contribution in [0, 0.1) is 3.57 Å². The molecule has 3 heteroatoms. The van der Waals surface area contributed by atoms with Gasteiger partial charge >= 0.3 is 5.97 Å². The number of carbonyl (C=O) groups excluding carboxylic acids is 1. The molecule has 0 aliphatic carbocycles. The second-order valence-corrected chi connectivity index (χ2v) is 4.64. The maximum absolute atomic E-state index is 11.8. The molecular formula is C13H11IO2. The van der Waals surface area contributed by atoms with Gasteiger partial charge in [-0.05, 0) is 52.4 Å². The molecule has 0 aliphatic rings. The van der Waals surface area contributed by atoms with E-state index in [1.165, 1.54) is 0 Å². The number of fused-ring (bicyclic) bond motifs is 1. The Kier molecular flexibility index (Phi) is 3.43. The van der Waals surface area contributed by atoms with Gasteiger partial charge in [-0.2, -0.15) is 0 Å². The summed E-state index contributed by atoms with van der Waals surface area (Å²) in [6, 6.07) is 11.8. The lowest BCUT2D eigenvalue weighted by Crippen LogP contribution is -2.05. The molecule has 0 saturated heterocycles. The van der Waals surface area contributed by atoms with Crippen LogP contribution in [0.25, 0.3) is 10.8 Å². The molecule has 0 amide bonds. The standard InChI is InChI=1S/C13H11IO2/c1-2-16-13(15)12-8-10(14)7-9-5-3-4-6-11(9)12/h3-8H,2H2,1H3. The van der Waals surface area contributed by atoms with E-state index < -0.39 is 0 Å². The molecule has 0 saturated carbocycles. The van der Waals surface area contributed by atoms with E-state index in [1.54, 1.807) is 0 Å². The van der Waals surface area contributed by atoms with Crippen LogP contribution in [-0.2, 0) is 4.74 Å². The molecule has 0 N–H and O–H groups in total. The fourth-order valence-electron chi connectivity index (χ4n) is 1.65. The van der Waals surface area contributed by atoms with Crippen molar-refractivity contribution < 1.29 is 9.53 Å². The monoisotopic (exact) mass is 326 g/mol. The molecule has 2 rings (SSSR count). The Labute approximate surface area is 108 Å². The predicted molar refractivity (Wildman–Crippen MR) is 72.6 cm³/mol. The Morgan fingerprint density at radius 1 is 1.31 bits per heavy atom. The Bertz CT molecular complexity index is 534. The quantitative estimate of drug-likeness (QED) is 0.622. The number of hydrogen-bond donors (Lipinski definition) is 0. The van der Waals surface area contributed by atoms with Crippen molar-refractivity contribution in [3.05, 3.63) is 45.5 Å². The molecule has 0 heterocycles. The molecule has 0 fully saturated rings. The maximum atomic E-state index is 11.8. The first kappa shape index (κ1) is 11.4. The Morgan fingerprint density at radius 2 is 2.06 bits per heavy atom. The zero-order valence-electron chi connectivity index (χ0n) is 8.87. The molecule has 0 aliphatic heterocycles. The van der Waals surface area contributed by atoms with E-state index in [9.17, 15) is 4.79 Å². The van der Waals surface area contributed by atoms with Crippen molar-refractivity contribution in [3.63, 3.8) is 0 Å². The number of carbonyl (C=O) groups is 1. The van der Waals surface area contributed by atoms with E-state index in [0.29, 0.717) is 12.2 Å². The third-order valence-electron chi connectivity index (χ3n) is 2.32. The molecule has 0 bridgehead atoms. The fourth-order valence-corrected chi connectivity index (χ4v) is 2.30. The molecule has 0 radical (unpaired) electrons. The van der Waals surface area contributed by atoms with E-state index in [0.717, 1.165) is 14.3 Å². The Hall–Kier alpha value is -1.10. The van der Waals surface area contributed by atoms with Gasteiger partial charge in [0.05, 0.1) is 12.2 Å². The molecule has 16 heavy (non-hydrogen) atoms. The Morgan fingerprint density at radius 3 is 2.81 bits per heavy atom. The van der Waals surface area contributed by atoms with Crippen molar-refractivity contribution in [2.75, 3.05) is 6.61 Å². The van der Waals surface area contributed by atoms with Crippen LogP contribution in [0.5, 0.6) is 0 Å². The summed E-state index contributed by atoms with van der Waals surface area (Å²) >= 11 is 2.21. The van der Waals surface area contributed by atoms with Crippen LogP contribution in [0.3, 0.4) is 0 Å². The van der Waals surface area contributed by atoms with Crippen LogP contribution in [-0.4, -0.2) is 12.6 Å². The second-order valence-electron chi connectivity index (χ2n) is 3.39. The maximum Gasteiger partial charge on any atom is 0.338 e.